The van der Waals surface area contributed by atoms with E-state index in [4.69, 9.17) is 31.2 Å². The third kappa shape index (κ3) is 9.62. The van der Waals surface area contributed by atoms with Gasteiger partial charge in [0.15, 0.2) is 11.7 Å². The molecule has 1 aliphatic heterocycles. The van der Waals surface area contributed by atoms with Crippen LogP contribution in [-0.4, -0.2) is 49.0 Å². The van der Waals surface area contributed by atoms with Crippen LogP contribution in [-0.2, 0) is 25.7 Å². The minimum atomic E-state index is -0.638. The molecule has 3 N–H and O–H groups in total. The Bertz CT molecular complexity index is 1690. The third-order valence-electron chi connectivity index (χ3n) is 6.62. The molecule has 1 aliphatic rings. The van der Waals surface area contributed by atoms with Gasteiger partial charge in [0.2, 0.25) is 0 Å². The summed E-state index contributed by atoms with van der Waals surface area (Å²) in [6.07, 6.45) is 1.48. The molecule has 1 atom stereocenters. The molecule has 0 aromatic heterocycles. The summed E-state index contributed by atoms with van der Waals surface area (Å²) >= 11 is 12.4. The number of halogens is 2. The van der Waals surface area contributed by atoms with Crippen LogP contribution in [0.5, 0.6) is 11.5 Å². The number of hydrogen-bond donors (Lipinski definition) is 3. The Labute approximate surface area is 294 Å². The summed E-state index contributed by atoms with van der Waals surface area (Å²) < 4.78 is 23.4. The van der Waals surface area contributed by atoms with Gasteiger partial charge in [-0.2, -0.15) is 5.10 Å². The molecular weight excluding hydrogens is 756 g/mol. The second kappa shape index (κ2) is 17.0. The van der Waals surface area contributed by atoms with E-state index in [2.05, 4.69) is 53.0 Å². The summed E-state index contributed by atoms with van der Waals surface area (Å²) in [5.74, 6) is -0.380. The Morgan fingerprint density at radius 2 is 1.62 bits per heavy atom. The summed E-state index contributed by atoms with van der Waals surface area (Å²) in [6.45, 7) is 5.71. The van der Waals surface area contributed by atoms with Crippen LogP contribution < -0.4 is 25.5 Å². The maximum Gasteiger partial charge on any atom is 0.338 e. The van der Waals surface area contributed by atoms with Crippen LogP contribution in [0.1, 0.15) is 53.9 Å². The van der Waals surface area contributed by atoms with Crippen LogP contribution in [0.15, 0.2) is 86.0 Å². The first-order valence-corrected chi connectivity index (χ1v) is 16.5. The fraction of sp³-hybridized carbons (Fsp3) is 0.242. The van der Waals surface area contributed by atoms with E-state index in [-0.39, 0.29) is 25.8 Å². The van der Waals surface area contributed by atoms with Gasteiger partial charge < -0.3 is 29.6 Å². The van der Waals surface area contributed by atoms with Gasteiger partial charge in [-0.05, 0) is 106 Å². The van der Waals surface area contributed by atoms with Crippen molar-refractivity contribution in [1.82, 2.24) is 16.1 Å². The van der Waals surface area contributed by atoms with Gasteiger partial charge in [0.25, 0.3) is 5.91 Å². The summed E-state index contributed by atoms with van der Waals surface area (Å²) in [6, 6.07) is 17.0. The molecule has 246 valence electrons. The lowest BCUT2D eigenvalue weighted by atomic mass is 9.95. The van der Waals surface area contributed by atoms with Gasteiger partial charge in [-0.25, -0.2) is 15.0 Å². The molecule has 1 amide bonds. The molecule has 0 radical (unpaired) electrons. The Hall–Kier alpha value is -4.27. The van der Waals surface area contributed by atoms with Crippen LogP contribution in [0.3, 0.4) is 0 Å². The third-order valence-corrected chi connectivity index (χ3v) is 8.02. The maximum absolute atomic E-state index is 12.8. The highest BCUT2D eigenvalue weighted by Gasteiger charge is 2.32. The minimum Gasteiger partial charge on any atom is -0.487 e. The minimum absolute atomic E-state index is 0.216. The molecule has 11 nitrogen and oxygen atoms in total. The van der Waals surface area contributed by atoms with E-state index < -0.39 is 17.9 Å². The first-order chi connectivity index (χ1) is 22.6. The Morgan fingerprint density at radius 1 is 0.957 bits per heavy atom. The quantitative estimate of drug-likeness (QED) is 0.0838. The van der Waals surface area contributed by atoms with Gasteiger partial charge in [0.05, 0.1) is 45.6 Å². The lowest BCUT2D eigenvalue weighted by molar-refractivity contribution is -0.139. The topological polar surface area (TPSA) is 137 Å². The van der Waals surface area contributed by atoms with E-state index in [1.54, 1.807) is 81.4 Å². The number of esters is 2. The number of rotatable bonds is 13. The predicted octanol–water partition coefficient (Wildman–Crippen LogP) is 5.85. The van der Waals surface area contributed by atoms with E-state index in [9.17, 15) is 14.4 Å². The molecule has 0 aliphatic carbocycles. The van der Waals surface area contributed by atoms with E-state index in [1.807, 2.05) is 0 Å². The number of hydrazone groups is 1. The number of ether oxygens (including phenoxy) is 4. The van der Waals surface area contributed by atoms with Crippen LogP contribution >= 0.6 is 44.1 Å². The van der Waals surface area contributed by atoms with Crippen LogP contribution in [0, 0.1) is 0 Å². The number of amides is 1. The molecule has 0 unspecified atom stereocenters. The molecule has 0 fully saturated rings. The fourth-order valence-electron chi connectivity index (χ4n) is 4.51. The highest BCUT2D eigenvalue weighted by Crippen LogP contribution is 2.35. The number of carbonyl (C=O) groups excluding carboxylic acids is 3. The highest BCUT2D eigenvalue weighted by molar-refractivity contribution is 9.11. The van der Waals surface area contributed by atoms with Gasteiger partial charge >= 0.3 is 11.9 Å². The molecule has 3 aromatic rings. The average Bonchev–Trinajstić information content (AvgIpc) is 3.03. The molecule has 3 aromatic carbocycles. The van der Waals surface area contributed by atoms with Gasteiger partial charge in [-0.3, -0.25) is 4.79 Å². The van der Waals surface area contributed by atoms with Crippen molar-refractivity contribution in [3.8, 4) is 11.5 Å². The number of nitrogens with one attached hydrogen (secondary N) is 3. The van der Waals surface area contributed by atoms with E-state index in [0.29, 0.717) is 60.1 Å². The lowest BCUT2D eigenvalue weighted by Crippen LogP contribution is -2.45. The summed E-state index contributed by atoms with van der Waals surface area (Å²) in [7, 11) is 0. The van der Waals surface area contributed by atoms with Crippen molar-refractivity contribution in [3.05, 3.63) is 103 Å². The number of carbonyl (C=O) groups is 3. The molecule has 47 heavy (non-hydrogen) atoms. The number of thiocarbonyl (C=S) groups is 1. The van der Waals surface area contributed by atoms with Crippen molar-refractivity contribution in [1.29, 1.82) is 0 Å². The first-order valence-electron chi connectivity index (χ1n) is 14.5. The second-order valence-corrected chi connectivity index (χ2v) is 12.0. The molecule has 0 saturated carbocycles. The van der Waals surface area contributed by atoms with Crippen LogP contribution in [0.4, 0.5) is 0 Å². The summed E-state index contributed by atoms with van der Waals surface area (Å²) in [5.41, 5.74) is 6.03. The van der Waals surface area contributed by atoms with Crippen molar-refractivity contribution in [2.45, 2.75) is 33.4 Å². The highest BCUT2D eigenvalue weighted by atomic mass is 79.9. The zero-order valence-electron chi connectivity index (χ0n) is 25.7. The number of nitrogens with zero attached hydrogens (tertiary/aromatic N) is 1. The van der Waals surface area contributed by atoms with Gasteiger partial charge in [0.1, 0.15) is 18.1 Å². The van der Waals surface area contributed by atoms with Gasteiger partial charge in [0, 0.05) is 11.3 Å². The van der Waals surface area contributed by atoms with Crippen LogP contribution in [0.2, 0.25) is 0 Å². The molecule has 1 heterocycles. The lowest BCUT2D eigenvalue weighted by Gasteiger charge is -2.30. The molecule has 0 bridgehead atoms. The second-order valence-electron chi connectivity index (χ2n) is 9.93. The van der Waals surface area contributed by atoms with Crippen LogP contribution in [0.25, 0.3) is 0 Å². The van der Waals surface area contributed by atoms with E-state index in [0.717, 1.165) is 5.56 Å². The number of allylic oxidation sites excluding steroid dienone is 1. The van der Waals surface area contributed by atoms with Crippen molar-refractivity contribution >= 4 is 73.3 Å². The van der Waals surface area contributed by atoms with E-state index >= 15 is 0 Å². The normalized spacial score (nSPS) is 14.2. The number of benzene rings is 3. The van der Waals surface area contributed by atoms with Crippen molar-refractivity contribution < 1.29 is 33.3 Å². The standard InChI is InChI=1S/C33H32Br2N4O7S/c1-4-43-31(41)22-12-10-20(11-13-22)17-46-30-24(34)14-21(15-25(30)35)16-36-39-27(40)18-45-26-9-7-6-8-23(26)29-28(32(42)44-5-2)19(3)37-33(47)38-29/h6-16,29H,4-5,17-18H2,1-3H3,(H,39,40)(H2,37,38,47)/t29-/m0/s1. The summed E-state index contributed by atoms with van der Waals surface area (Å²) in [5, 5.41) is 10.5. The largest absolute Gasteiger partial charge is 0.487 e. The molecule has 0 saturated heterocycles. The Morgan fingerprint density at radius 3 is 2.30 bits per heavy atom. The molecule has 0 spiro atoms. The zero-order valence-corrected chi connectivity index (χ0v) is 29.7. The summed E-state index contributed by atoms with van der Waals surface area (Å²) in [4.78, 5) is 37.2. The van der Waals surface area contributed by atoms with Crippen molar-refractivity contribution in [2.24, 2.45) is 5.10 Å². The Balaban J connectivity index is 1.35. The first kappa shape index (κ1) is 35.6. The van der Waals surface area contributed by atoms with E-state index in [1.165, 1.54) is 6.21 Å². The van der Waals surface area contributed by atoms with Gasteiger partial charge in [-0.15, -0.1) is 0 Å². The monoisotopic (exact) mass is 786 g/mol. The van der Waals surface area contributed by atoms with Crippen molar-refractivity contribution in [3.63, 3.8) is 0 Å². The van der Waals surface area contributed by atoms with Crippen molar-refractivity contribution in [2.75, 3.05) is 19.8 Å². The average molecular weight is 789 g/mol. The SMILES string of the molecule is CCOC(=O)C1=C(C)NC(=S)N[C@H]1c1ccccc1OCC(=O)NN=Cc1cc(Br)c(OCc2ccc(C(=O)OCC)cc2)c(Br)c1. The Kier molecular flexibility index (Phi) is 12.9. The smallest absolute Gasteiger partial charge is 0.338 e. The molecular formula is C33H32Br2N4O7S. The number of hydrogen-bond acceptors (Lipinski definition) is 9. The van der Waals surface area contributed by atoms with Gasteiger partial charge in [-0.1, -0.05) is 30.3 Å². The molecule has 14 heteroatoms. The molecule has 4 rings (SSSR count). The zero-order chi connectivity index (χ0) is 33.9. The fourth-order valence-corrected chi connectivity index (χ4v) is 6.23. The number of para-hydroxylation sites is 1. The predicted molar refractivity (Wildman–Crippen MR) is 187 cm³/mol. The maximum atomic E-state index is 12.8.